The molecule has 4 heteroatoms. The first-order valence-corrected chi connectivity index (χ1v) is 9.02. The quantitative estimate of drug-likeness (QED) is 0.803. The van der Waals surface area contributed by atoms with Crippen molar-refractivity contribution in [3.63, 3.8) is 0 Å². The van der Waals surface area contributed by atoms with Crippen LogP contribution in [0.2, 0.25) is 0 Å². The topological polar surface area (TPSA) is 55.6 Å². The number of hydrogen-bond donors (Lipinski definition) is 1. The Morgan fingerprint density at radius 3 is 2.52 bits per heavy atom. The zero-order valence-electron chi connectivity index (χ0n) is 14.6. The first-order chi connectivity index (χ1) is 12.2. The van der Waals surface area contributed by atoms with Crippen LogP contribution in [0, 0.1) is 0 Å². The third-order valence-corrected chi connectivity index (χ3v) is 4.62. The smallest absolute Gasteiger partial charge is 0.217 e. The minimum Gasteiger partial charge on any atom is -0.475 e. The molecule has 1 atom stereocenters. The molecule has 1 amide bonds. The normalized spacial score (nSPS) is 17.5. The van der Waals surface area contributed by atoms with Crippen molar-refractivity contribution in [2.24, 2.45) is 5.73 Å². The van der Waals surface area contributed by atoms with Crippen LogP contribution in [-0.2, 0) is 11.2 Å². The molecule has 1 fully saturated rings. The first kappa shape index (κ1) is 17.5. The summed E-state index contributed by atoms with van der Waals surface area (Å²) >= 11 is 0. The molecule has 0 aromatic heterocycles. The van der Waals surface area contributed by atoms with Gasteiger partial charge in [-0.25, -0.2) is 0 Å². The van der Waals surface area contributed by atoms with E-state index in [0.29, 0.717) is 6.42 Å². The van der Waals surface area contributed by atoms with Gasteiger partial charge >= 0.3 is 0 Å². The van der Waals surface area contributed by atoms with Crippen LogP contribution in [0.15, 0.2) is 54.6 Å². The lowest BCUT2D eigenvalue weighted by molar-refractivity contribution is -0.118. The van der Waals surface area contributed by atoms with Crippen molar-refractivity contribution in [2.45, 2.75) is 38.3 Å². The van der Waals surface area contributed by atoms with Gasteiger partial charge in [0.15, 0.2) is 6.23 Å². The number of nitrogens with zero attached hydrogens (tertiary/aromatic N) is 1. The predicted molar refractivity (Wildman–Crippen MR) is 99.3 cm³/mol. The van der Waals surface area contributed by atoms with Gasteiger partial charge in [-0.05, 0) is 48.9 Å². The second kappa shape index (κ2) is 8.67. The second-order valence-corrected chi connectivity index (χ2v) is 6.63. The second-order valence-electron chi connectivity index (χ2n) is 6.63. The summed E-state index contributed by atoms with van der Waals surface area (Å²) in [6, 6.07) is 18.8. The third-order valence-electron chi connectivity index (χ3n) is 4.62. The summed E-state index contributed by atoms with van der Waals surface area (Å²) < 4.78 is 6.16. The highest BCUT2D eigenvalue weighted by Gasteiger charge is 2.25. The van der Waals surface area contributed by atoms with Gasteiger partial charge in [-0.1, -0.05) is 42.5 Å². The maximum Gasteiger partial charge on any atom is 0.217 e. The van der Waals surface area contributed by atoms with Crippen molar-refractivity contribution < 1.29 is 9.53 Å². The summed E-state index contributed by atoms with van der Waals surface area (Å²) in [4.78, 5) is 13.2. The highest BCUT2D eigenvalue weighted by atomic mass is 16.5. The van der Waals surface area contributed by atoms with Gasteiger partial charge < -0.3 is 10.5 Å². The maximum absolute atomic E-state index is 10.9. The van der Waals surface area contributed by atoms with Crippen LogP contribution in [0.3, 0.4) is 0 Å². The zero-order valence-corrected chi connectivity index (χ0v) is 14.6. The number of rotatable bonds is 8. The molecule has 1 aliphatic heterocycles. The van der Waals surface area contributed by atoms with Crippen molar-refractivity contribution in [1.82, 2.24) is 4.90 Å². The Kier molecular flexibility index (Phi) is 6.07. The molecule has 3 rings (SSSR count). The lowest BCUT2D eigenvalue weighted by atomic mass is 10.1. The van der Waals surface area contributed by atoms with Gasteiger partial charge in [-0.15, -0.1) is 0 Å². The molecule has 0 unspecified atom stereocenters. The van der Waals surface area contributed by atoms with Crippen molar-refractivity contribution >= 4 is 5.91 Å². The highest BCUT2D eigenvalue weighted by Crippen LogP contribution is 2.23. The molecule has 2 N–H and O–H groups in total. The van der Waals surface area contributed by atoms with Gasteiger partial charge in [-0.2, -0.15) is 0 Å². The third kappa shape index (κ3) is 5.33. The molecule has 2 aromatic carbocycles. The fourth-order valence-electron chi connectivity index (χ4n) is 3.32. The van der Waals surface area contributed by atoms with Crippen LogP contribution in [0.4, 0.5) is 0 Å². The standard InChI is InChI=1S/C21H26N2O2/c22-20(24)8-4-14-23-15-5-9-21(23)25-19-12-10-18(11-13-19)16-17-6-2-1-3-7-17/h1-3,6-7,10-13,21H,4-5,8-9,14-16H2,(H2,22,24)/t21-/m0/s1. The van der Waals surface area contributed by atoms with E-state index in [2.05, 4.69) is 53.4 Å². The summed E-state index contributed by atoms with van der Waals surface area (Å²) in [6.45, 7) is 1.88. The van der Waals surface area contributed by atoms with Crippen LogP contribution in [0.1, 0.15) is 36.8 Å². The van der Waals surface area contributed by atoms with E-state index in [1.165, 1.54) is 11.1 Å². The molecule has 4 nitrogen and oxygen atoms in total. The van der Waals surface area contributed by atoms with Gasteiger partial charge in [-0.3, -0.25) is 9.69 Å². The number of benzene rings is 2. The van der Waals surface area contributed by atoms with Crippen LogP contribution in [-0.4, -0.2) is 30.1 Å². The molecule has 0 saturated carbocycles. The minimum atomic E-state index is -0.231. The summed E-state index contributed by atoms with van der Waals surface area (Å²) in [7, 11) is 0. The Balaban J connectivity index is 1.52. The Morgan fingerprint density at radius 2 is 1.80 bits per heavy atom. The molecule has 1 heterocycles. The van der Waals surface area contributed by atoms with Gasteiger partial charge in [0.1, 0.15) is 5.75 Å². The van der Waals surface area contributed by atoms with Crippen molar-refractivity contribution in [3.05, 3.63) is 65.7 Å². The highest BCUT2D eigenvalue weighted by molar-refractivity contribution is 5.73. The number of ether oxygens (including phenoxy) is 1. The van der Waals surface area contributed by atoms with Gasteiger partial charge in [0.05, 0.1) is 0 Å². The number of likely N-dealkylation sites (tertiary alicyclic amines) is 1. The van der Waals surface area contributed by atoms with E-state index < -0.39 is 0 Å². The Hall–Kier alpha value is -2.33. The van der Waals surface area contributed by atoms with E-state index in [9.17, 15) is 4.79 Å². The van der Waals surface area contributed by atoms with Gasteiger partial charge in [0.2, 0.25) is 5.91 Å². The summed E-state index contributed by atoms with van der Waals surface area (Å²) in [6.07, 6.45) is 4.44. The van der Waals surface area contributed by atoms with E-state index in [0.717, 1.165) is 44.5 Å². The van der Waals surface area contributed by atoms with E-state index in [-0.39, 0.29) is 12.1 Å². The van der Waals surface area contributed by atoms with E-state index >= 15 is 0 Å². The molecule has 0 aliphatic carbocycles. The molecule has 2 aromatic rings. The molecular weight excluding hydrogens is 312 g/mol. The van der Waals surface area contributed by atoms with E-state index in [4.69, 9.17) is 10.5 Å². The molecular formula is C21H26N2O2. The lowest BCUT2D eigenvalue weighted by Crippen LogP contribution is -2.35. The fraction of sp³-hybridized carbons (Fsp3) is 0.381. The molecule has 0 bridgehead atoms. The lowest BCUT2D eigenvalue weighted by Gasteiger charge is -2.25. The number of carbonyl (C=O) groups is 1. The molecule has 1 saturated heterocycles. The van der Waals surface area contributed by atoms with Gasteiger partial charge in [0, 0.05) is 19.5 Å². The van der Waals surface area contributed by atoms with Crippen molar-refractivity contribution in [2.75, 3.05) is 13.1 Å². The maximum atomic E-state index is 10.9. The largest absolute Gasteiger partial charge is 0.475 e. The number of hydrogen-bond acceptors (Lipinski definition) is 3. The summed E-state index contributed by atoms with van der Waals surface area (Å²) in [5, 5.41) is 0. The number of amides is 1. The number of nitrogens with two attached hydrogens (primary N) is 1. The van der Waals surface area contributed by atoms with E-state index in [1.807, 2.05) is 6.07 Å². The molecule has 132 valence electrons. The van der Waals surface area contributed by atoms with Crippen LogP contribution in [0.25, 0.3) is 0 Å². The molecule has 1 aliphatic rings. The number of carbonyl (C=O) groups excluding carboxylic acids is 1. The Labute approximate surface area is 149 Å². The molecule has 0 radical (unpaired) electrons. The summed E-state index contributed by atoms with van der Waals surface area (Å²) in [5.74, 6) is 0.675. The Bertz CT molecular complexity index is 670. The Morgan fingerprint density at radius 1 is 1.08 bits per heavy atom. The summed E-state index contributed by atoms with van der Waals surface area (Å²) in [5.41, 5.74) is 7.81. The van der Waals surface area contributed by atoms with Crippen molar-refractivity contribution in [1.29, 1.82) is 0 Å². The zero-order chi connectivity index (χ0) is 17.5. The van der Waals surface area contributed by atoms with Gasteiger partial charge in [0.25, 0.3) is 0 Å². The molecule has 25 heavy (non-hydrogen) atoms. The fourth-order valence-corrected chi connectivity index (χ4v) is 3.32. The minimum absolute atomic E-state index is 0.104. The SMILES string of the molecule is NC(=O)CCCN1CCC[C@@H]1Oc1ccc(Cc2ccccc2)cc1. The van der Waals surface area contributed by atoms with Crippen LogP contribution >= 0.6 is 0 Å². The predicted octanol–water partition coefficient (Wildman–Crippen LogP) is 3.34. The molecule has 0 spiro atoms. The monoisotopic (exact) mass is 338 g/mol. The van der Waals surface area contributed by atoms with Crippen LogP contribution in [0.5, 0.6) is 5.75 Å². The number of primary amides is 1. The van der Waals surface area contributed by atoms with Crippen molar-refractivity contribution in [3.8, 4) is 5.75 Å². The van der Waals surface area contributed by atoms with E-state index in [1.54, 1.807) is 0 Å². The average Bonchev–Trinajstić information content (AvgIpc) is 3.04. The average molecular weight is 338 g/mol. The van der Waals surface area contributed by atoms with Crippen LogP contribution < -0.4 is 10.5 Å². The first-order valence-electron chi connectivity index (χ1n) is 9.02.